The lowest BCUT2D eigenvalue weighted by Gasteiger charge is -2.23. The topological polar surface area (TPSA) is 72.5 Å². The van der Waals surface area contributed by atoms with Gasteiger partial charge in [-0.15, -0.1) is 10.2 Å². The van der Waals surface area contributed by atoms with Crippen LogP contribution in [0.25, 0.3) is 22.4 Å². The quantitative estimate of drug-likeness (QED) is 0.231. The van der Waals surface area contributed by atoms with Crippen molar-refractivity contribution < 1.29 is 4.79 Å². The molecule has 198 valence electrons. The van der Waals surface area contributed by atoms with Gasteiger partial charge < -0.3 is 4.90 Å². The highest BCUT2D eigenvalue weighted by Crippen LogP contribution is 2.24. The third kappa shape index (κ3) is 5.13. The van der Waals surface area contributed by atoms with Gasteiger partial charge in [-0.25, -0.2) is 4.57 Å². The first kappa shape index (κ1) is 25.6. The smallest absolute Gasteiger partial charge is 0.267 e. The summed E-state index contributed by atoms with van der Waals surface area (Å²) >= 11 is 1.32. The van der Waals surface area contributed by atoms with E-state index in [9.17, 15) is 9.59 Å². The number of amides is 1. The van der Waals surface area contributed by atoms with Crippen molar-refractivity contribution in [2.45, 2.75) is 25.2 Å². The molecule has 0 bridgehead atoms. The van der Waals surface area contributed by atoms with Gasteiger partial charge in [0.25, 0.3) is 5.56 Å². The number of fused-ring (bicyclic) bond motifs is 3. The summed E-state index contributed by atoms with van der Waals surface area (Å²) in [6, 6.07) is 35.2. The van der Waals surface area contributed by atoms with Crippen molar-refractivity contribution in [2.75, 3.05) is 5.75 Å². The van der Waals surface area contributed by atoms with Crippen LogP contribution in [0.15, 0.2) is 119 Å². The minimum atomic E-state index is -0.161. The Morgan fingerprint density at radius 3 is 2.12 bits per heavy atom. The minimum Gasteiger partial charge on any atom is -0.333 e. The number of carbonyl (C=O) groups excluding carboxylic acids is 1. The predicted molar refractivity (Wildman–Crippen MR) is 159 cm³/mol. The molecule has 0 saturated carbocycles. The lowest BCUT2D eigenvalue weighted by Crippen LogP contribution is -2.31. The van der Waals surface area contributed by atoms with Crippen LogP contribution in [0.2, 0.25) is 0 Å². The molecule has 7 nitrogen and oxygen atoms in total. The zero-order chi connectivity index (χ0) is 27.5. The molecule has 0 fully saturated rings. The van der Waals surface area contributed by atoms with E-state index < -0.39 is 0 Å². The molecule has 1 amide bonds. The Labute approximate surface area is 235 Å². The molecule has 0 unspecified atom stereocenters. The number of hydrogen-bond acceptors (Lipinski definition) is 5. The van der Waals surface area contributed by atoms with Crippen molar-refractivity contribution in [1.82, 2.24) is 24.1 Å². The predicted octanol–water partition coefficient (Wildman–Crippen LogP) is 5.66. The monoisotopic (exact) mass is 545 g/mol. The summed E-state index contributed by atoms with van der Waals surface area (Å²) in [7, 11) is 0. The van der Waals surface area contributed by atoms with E-state index in [-0.39, 0.29) is 17.2 Å². The number of aryl methyl sites for hydroxylation is 1. The van der Waals surface area contributed by atoms with E-state index in [0.717, 1.165) is 22.4 Å². The standard InChI is InChI=1S/C32H27N5O2S/c1-23-11-10-16-26(19-23)36-30(39)27-17-8-9-18-28(27)37-31(36)33-34-32(37)40-22-29(38)35(20-24-12-4-2-5-13-24)21-25-14-6-3-7-15-25/h2-19H,20-22H2,1H3. The first-order valence-electron chi connectivity index (χ1n) is 13.0. The maximum Gasteiger partial charge on any atom is 0.267 e. The SMILES string of the molecule is Cc1cccc(-n2c(=O)c3ccccc3n3c(SCC(=O)N(Cc4ccccc4)Cc4ccccc4)nnc23)c1. The lowest BCUT2D eigenvalue weighted by atomic mass is 10.1. The van der Waals surface area contributed by atoms with E-state index in [1.807, 2.05) is 125 Å². The van der Waals surface area contributed by atoms with Crippen LogP contribution in [0.4, 0.5) is 0 Å². The van der Waals surface area contributed by atoms with Crippen LogP contribution in [-0.2, 0) is 17.9 Å². The Morgan fingerprint density at radius 1 is 0.800 bits per heavy atom. The number of aromatic nitrogens is 4. The van der Waals surface area contributed by atoms with Crippen LogP contribution in [0.3, 0.4) is 0 Å². The third-order valence-corrected chi connectivity index (χ3v) is 7.68. The molecular formula is C32H27N5O2S. The molecule has 8 heteroatoms. The normalized spacial score (nSPS) is 11.2. The zero-order valence-corrected chi connectivity index (χ0v) is 22.8. The highest BCUT2D eigenvalue weighted by atomic mass is 32.2. The van der Waals surface area contributed by atoms with Crippen LogP contribution in [0.1, 0.15) is 16.7 Å². The molecule has 0 N–H and O–H groups in total. The van der Waals surface area contributed by atoms with E-state index in [4.69, 9.17) is 0 Å². The maximum atomic E-state index is 13.6. The Bertz CT molecular complexity index is 1820. The minimum absolute atomic E-state index is 0.00855. The fraction of sp³-hybridized carbons (Fsp3) is 0.125. The first-order chi connectivity index (χ1) is 19.6. The van der Waals surface area contributed by atoms with Gasteiger partial charge in [-0.3, -0.25) is 14.0 Å². The molecule has 0 aliphatic rings. The Kier molecular flexibility index (Phi) is 7.16. The molecule has 0 spiro atoms. The van der Waals surface area contributed by atoms with E-state index >= 15 is 0 Å². The highest BCUT2D eigenvalue weighted by Gasteiger charge is 2.21. The molecule has 2 heterocycles. The van der Waals surface area contributed by atoms with Gasteiger partial charge in [-0.1, -0.05) is 96.7 Å². The molecule has 6 rings (SSSR count). The van der Waals surface area contributed by atoms with E-state index in [1.165, 1.54) is 11.8 Å². The summed E-state index contributed by atoms with van der Waals surface area (Å²) in [5.41, 5.74) is 4.43. The number of benzene rings is 4. The molecule has 6 aromatic rings. The van der Waals surface area contributed by atoms with Crippen LogP contribution in [0.5, 0.6) is 0 Å². The largest absolute Gasteiger partial charge is 0.333 e. The van der Waals surface area contributed by atoms with E-state index in [1.54, 1.807) is 4.57 Å². The molecule has 0 radical (unpaired) electrons. The summed E-state index contributed by atoms with van der Waals surface area (Å²) in [6.45, 7) is 3.00. The van der Waals surface area contributed by atoms with Gasteiger partial charge in [0.1, 0.15) is 0 Å². The molecule has 0 saturated heterocycles. The highest BCUT2D eigenvalue weighted by molar-refractivity contribution is 7.99. The third-order valence-electron chi connectivity index (χ3n) is 6.76. The van der Waals surface area contributed by atoms with Crippen molar-refractivity contribution >= 4 is 34.3 Å². The van der Waals surface area contributed by atoms with Crippen molar-refractivity contribution in [2.24, 2.45) is 0 Å². The average molecular weight is 546 g/mol. The average Bonchev–Trinajstić information content (AvgIpc) is 3.40. The second-order valence-corrected chi connectivity index (χ2v) is 10.6. The van der Waals surface area contributed by atoms with Crippen LogP contribution in [-0.4, -0.2) is 35.7 Å². The summed E-state index contributed by atoms with van der Waals surface area (Å²) < 4.78 is 3.46. The van der Waals surface area contributed by atoms with E-state index in [2.05, 4.69) is 10.2 Å². The number of carbonyl (C=O) groups is 1. The fourth-order valence-corrected chi connectivity index (χ4v) is 5.67. The summed E-state index contributed by atoms with van der Waals surface area (Å²) in [5.74, 6) is 0.582. The van der Waals surface area contributed by atoms with Gasteiger partial charge in [-0.2, -0.15) is 0 Å². The Morgan fingerprint density at radius 2 is 1.45 bits per heavy atom. The number of nitrogens with zero attached hydrogens (tertiary/aromatic N) is 5. The summed E-state index contributed by atoms with van der Waals surface area (Å²) in [5, 5.41) is 9.97. The first-order valence-corrected chi connectivity index (χ1v) is 14.0. The lowest BCUT2D eigenvalue weighted by molar-refractivity contribution is -0.129. The fourth-order valence-electron chi connectivity index (χ4n) is 4.83. The van der Waals surface area contributed by atoms with Crippen LogP contribution < -0.4 is 5.56 Å². The number of hydrogen-bond donors (Lipinski definition) is 0. The van der Waals surface area contributed by atoms with Gasteiger partial charge in [0.2, 0.25) is 11.7 Å². The van der Waals surface area contributed by atoms with Gasteiger partial charge in [0, 0.05) is 13.1 Å². The van der Waals surface area contributed by atoms with Gasteiger partial charge in [0.05, 0.1) is 22.3 Å². The van der Waals surface area contributed by atoms with Gasteiger partial charge >= 0.3 is 0 Å². The van der Waals surface area contributed by atoms with Crippen LogP contribution in [0, 0.1) is 6.92 Å². The molecule has 4 aromatic carbocycles. The molecule has 0 atom stereocenters. The Hall–Kier alpha value is -4.69. The maximum absolute atomic E-state index is 13.6. The van der Waals surface area contributed by atoms with Gasteiger partial charge in [0.15, 0.2) is 5.16 Å². The van der Waals surface area contributed by atoms with Crippen molar-refractivity contribution in [3.05, 3.63) is 136 Å². The van der Waals surface area contributed by atoms with Crippen molar-refractivity contribution in [3.8, 4) is 5.69 Å². The van der Waals surface area contributed by atoms with Gasteiger partial charge in [-0.05, 0) is 47.9 Å². The number of rotatable bonds is 8. The number of para-hydroxylation sites is 1. The molecule has 0 aliphatic heterocycles. The van der Waals surface area contributed by atoms with Crippen LogP contribution >= 0.6 is 11.8 Å². The molecule has 0 aliphatic carbocycles. The second kappa shape index (κ2) is 11.2. The molecule has 40 heavy (non-hydrogen) atoms. The molecular weight excluding hydrogens is 518 g/mol. The zero-order valence-electron chi connectivity index (χ0n) is 22.0. The summed E-state index contributed by atoms with van der Waals surface area (Å²) in [6.07, 6.45) is 0. The second-order valence-electron chi connectivity index (χ2n) is 9.62. The van der Waals surface area contributed by atoms with Crippen molar-refractivity contribution in [1.29, 1.82) is 0 Å². The Balaban J connectivity index is 1.35. The molecule has 2 aromatic heterocycles. The number of thioether (sulfide) groups is 1. The van der Waals surface area contributed by atoms with E-state index in [0.29, 0.717) is 34.9 Å². The summed E-state index contributed by atoms with van der Waals surface area (Å²) in [4.78, 5) is 29.1. The van der Waals surface area contributed by atoms with Crippen molar-refractivity contribution in [3.63, 3.8) is 0 Å².